The van der Waals surface area contributed by atoms with Crippen LogP contribution in [0.5, 0.6) is 0 Å². The second-order valence-corrected chi connectivity index (χ2v) is 5.92. The number of aliphatic hydroxyl groups excluding tert-OH is 1. The molecule has 1 amide bonds. The van der Waals surface area contributed by atoms with E-state index in [4.69, 9.17) is 10.1 Å². The van der Waals surface area contributed by atoms with E-state index in [0.717, 1.165) is 11.3 Å². The topological polar surface area (TPSA) is 129 Å². The number of esters is 1. The SMILES string of the molecule is CC(C)OC(=O)[C@H](CCC(=O)C=N)NC(=O)[C@@H](O)c1cncs1. The lowest BCUT2D eigenvalue weighted by Gasteiger charge is -2.20. The lowest BCUT2D eigenvalue weighted by atomic mass is 10.1. The van der Waals surface area contributed by atoms with Crippen LogP contribution in [0, 0.1) is 5.41 Å². The first-order valence-electron chi connectivity index (χ1n) is 6.95. The highest BCUT2D eigenvalue weighted by atomic mass is 32.1. The number of rotatable bonds is 9. The summed E-state index contributed by atoms with van der Waals surface area (Å²) in [5.41, 5.74) is 1.47. The van der Waals surface area contributed by atoms with Gasteiger partial charge in [0.1, 0.15) is 6.04 Å². The summed E-state index contributed by atoms with van der Waals surface area (Å²) in [7, 11) is 0. The molecule has 0 saturated carbocycles. The molecule has 0 bridgehead atoms. The van der Waals surface area contributed by atoms with Crippen LogP contribution in [0.25, 0.3) is 0 Å². The van der Waals surface area contributed by atoms with Crippen molar-refractivity contribution in [2.24, 2.45) is 0 Å². The Morgan fingerprint density at radius 2 is 2.17 bits per heavy atom. The van der Waals surface area contributed by atoms with E-state index < -0.39 is 29.8 Å². The van der Waals surface area contributed by atoms with E-state index in [0.29, 0.717) is 11.1 Å². The molecule has 23 heavy (non-hydrogen) atoms. The van der Waals surface area contributed by atoms with E-state index in [1.807, 2.05) is 0 Å². The van der Waals surface area contributed by atoms with E-state index in [1.165, 1.54) is 11.7 Å². The number of ketones is 1. The van der Waals surface area contributed by atoms with Crippen LogP contribution in [0.15, 0.2) is 11.7 Å². The highest BCUT2D eigenvalue weighted by Gasteiger charge is 2.27. The molecule has 0 aromatic carbocycles. The normalized spacial score (nSPS) is 13.2. The number of nitrogens with one attached hydrogen (secondary N) is 2. The van der Waals surface area contributed by atoms with Gasteiger partial charge in [0, 0.05) is 12.6 Å². The van der Waals surface area contributed by atoms with Gasteiger partial charge in [0.2, 0.25) is 0 Å². The third kappa shape index (κ3) is 6.25. The average Bonchev–Trinajstić information content (AvgIpc) is 3.03. The number of Topliss-reactive ketones (excluding diaryl/α,β-unsaturated/α-hetero) is 1. The molecule has 9 heteroatoms. The van der Waals surface area contributed by atoms with Crippen molar-refractivity contribution in [1.82, 2.24) is 10.3 Å². The van der Waals surface area contributed by atoms with Gasteiger partial charge in [-0.15, -0.1) is 11.3 Å². The van der Waals surface area contributed by atoms with Gasteiger partial charge in [0.25, 0.3) is 5.91 Å². The fourth-order valence-corrected chi connectivity index (χ4v) is 2.26. The standard InChI is InChI=1S/C14H19N3O5S/c1-8(2)22-14(21)10(4-3-9(18)5-15)17-13(20)12(19)11-6-16-7-23-11/h5-8,10,12,15,19H,3-4H2,1-2H3,(H,17,20)/t10-,12-/m0/s1. The zero-order valence-electron chi connectivity index (χ0n) is 12.8. The van der Waals surface area contributed by atoms with Crippen LogP contribution < -0.4 is 5.32 Å². The number of aromatic nitrogens is 1. The van der Waals surface area contributed by atoms with Gasteiger partial charge in [-0.05, 0) is 20.3 Å². The number of aliphatic hydroxyl groups is 1. The van der Waals surface area contributed by atoms with Crippen molar-refractivity contribution in [3.05, 3.63) is 16.6 Å². The van der Waals surface area contributed by atoms with Crippen molar-refractivity contribution < 1.29 is 24.2 Å². The van der Waals surface area contributed by atoms with Crippen LogP contribution in [0.4, 0.5) is 0 Å². The molecular weight excluding hydrogens is 322 g/mol. The van der Waals surface area contributed by atoms with Crippen molar-refractivity contribution in [3.8, 4) is 0 Å². The summed E-state index contributed by atoms with van der Waals surface area (Å²) >= 11 is 1.11. The Hall–Kier alpha value is -2.13. The summed E-state index contributed by atoms with van der Waals surface area (Å²) in [5.74, 6) is -1.94. The van der Waals surface area contributed by atoms with Gasteiger partial charge in [0.05, 0.1) is 22.7 Å². The van der Waals surface area contributed by atoms with Crippen molar-refractivity contribution in [2.75, 3.05) is 0 Å². The molecular formula is C14H19N3O5S. The van der Waals surface area contributed by atoms with Gasteiger partial charge in [-0.25, -0.2) is 4.79 Å². The van der Waals surface area contributed by atoms with E-state index in [9.17, 15) is 19.5 Å². The molecule has 0 radical (unpaired) electrons. The molecule has 1 rings (SSSR count). The van der Waals surface area contributed by atoms with E-state index in [1.54, 1.807) is 13.8 Å². The highest BCUT2D eigenvalue weighted by molar-refractivity contribution is 7.09. The number of hydrogen-bond donors (Lipinski definition) is 3. The predicted octanol–water partition coefficient (Wildman–Crippen LogP) is 0.612. The monoisotopic (exact) mass is 341 g/mol. The maximum absolute atomic E-state index is 12.0. The molecule has 1 heterocycles. The van der Waals surface area contributed by atoms with Crippen LogP contribution in [-0.4, -0.2) is 46.1 Å². The number of carbonyl (C=O) groups is 3. The molecule has 0 saturated heterocycles. The van der Waals surface area contributed by atoms with Crippen molar-refractivity contribution in [1.29, 1.82) is 5.41 Å². The van der Waals surface area contributed by atoms with Gasteiger partial charge in [0.15, 0.2) is 11.9 Å². The molecule has 3 N–H and O–H groups in total. The van der Waals surface area contributed by atoms with E-state index in [-0.39, 0.29) is 18.9 Å². The van der Waals surface area contributed by atoms with Crippen LogP contribution >= 0.6 is 11.3 Å². The Bertz CT molecular complexity index is 559. The fraction of sp³-hybridized carbons (Fsp3) is 0.500. The first-order valence-corrected chi connectivity index (χ1v) is 7.83. The summed E-state index contributed by atoms with van der Waals surface area (Å²) < 4.78 is 5.04. The summed E-state index contributed by atoms with van der Waals surface area (Å²) in [6, 6.07) is -1.07. The maximum atomic E-state index is 12.0. The molecule has 126 valence electrons. The Kier molecular flexibility index (Phi) is 7.49. The van der Waals surface area contributed by atoms with Gasteiger partial charge in [-0.3, -0.25) is 14.6 Å². The second-order valence-electron chi connectivity index (χ2n) is 5.00. The zero-order valence-corrected chi connectivity index (χ0v) is 13.6. The minimum Gasteiger partial charge on any atom is -0.461 e. The van der Waals surface area contributed by atoms with E-state index >= 15 is 0 Å². The minimum absolute atomic E-state index is 0.0130. The van der Waals surface area contributed by atoms with Gasteiger partial charge < -0.3 is 20.6 Å². The van der Waals surface area contributed by atoms with Crippen LogP contribution in [0.2, 0.25) is 0 Å². The van der Waals surface area contributed by atoms with Crippen molar-refractivity contribution in [3.63, 3.8) is 0 Å². The number of amides is 1. The lowest BCUT2D eigenvalue weighted by Crippen LogP contribution is -2.44. The van der Waals surface area contributed by atoms with Crippen molar-refractivity contribution in [2.45, 2.75) is 44.9 Å². The fourth-order valence-electron chi connectivity index (χ4n) is 1.66. The first kappa shape index (κ1) is 18.9. The lowest BCUT2D eigenvalue weighted by molar-refractivity contribution is -0.152. The molecule has 8 nitrogen and oxygen atoms in total. The maximum Gasteiger partial charge on any atom is 0.328 e. The third-order valence-electron chi connectivity index (χ3n) is 2.76. The van der Waals surface area contributed by atoms with Gasteiger partial charge in [-0.2, -0.15) is 0 Å². The molecule has 0 spiro atoms. The predicted molar refractivity (Wildman–Crippen MR) is 83.3 cm³/mol. The van der Waals surface area contributed by atoms with Crippen LogP contribution in [-0.2, 0) is 19.1 Å². The Balaban J connectivity index is 2.74. The number of ether oxygens (including phenoxy) is 1. The number of nitrogens with zero attached hydrogens (tertiary/aromatic N) is 1. The quantitative estimate of drug-likeness (QED) is 0.446. The molecule has 1 aromatic rings. The molecule has 1 aromatic heterocycles. The molecule has 0 fully saturated rings. The molecule has 0 aliphatic heterocycles. The van der Waals surface area contributed by atoms with Gasteiger partial charge >= 0.3 is 5.97 Å². The number of carbonyl (C=O) groups excluding carboxylic acids is 3. The minimum atomic E-state index is -1.45. The van der Waals surface area contributed by atoms with Crippen LogP contribution in [0.3, 0.4) is 0 Å². The van der Waals surface area contributed by atoms with Crippen LogP contribution in [0.1, 0.15) is 37.7 Å². The Morgan fingerprint density at radius 1 is 1.48 bits per heavy atom. The van der Waals surface area contributed by atoms with Gasteiger partial charge in [-0.1, -0.05) is 0 Å². The summed E-state index contributed by atoms with van der Waals surface area (Å²) in [6.07, 6.45) is 0.0783. The third-order valence-corrected chi connectivity index (χ3v) is 3.59. The highest BCUT2D eigenvalue weighted by Crippen LogP contribution is 2.17. The molecule has 0 aliphatic carbocycles. The second kappa shape index (κ2) is 9.11. The summed E-state index contributed by atoms with van der Waals surface area (Å²) in [4.78, 5) is 39.4. The average molecular weight is 341 g/mol. The number of thiazole rings is 1. The molecule has 2 atom stereocenters. The van der Waals surface area contributed by atoms with Crippen molar-refractivity contribution >= 4 is 35.2 Å². The summed E-state index contributed by atoms with van der Waals surface area (Å²) in [5, 5.41) is 19.1. The largest absolute Gasteiger partial charge is 0.461 e. The first-order chi connectivity index (χ1) is 10.8. The summed E-state index contributed by atoms with van der Waals surface area (Å²) in [6.45, 7) is 3.32. The van der Waals surface area contributed by atoms with E-state index in [2.05, 4.69) is 10.3 Å². The smallest absolute Gasteiger partial charge is 0.328 e. The molecule has 0 unspecified atom stereocenters. The Morgan fingerprint density at radius 3 is 2.70 bits per heavy atom. The molecule has 0 aliphatic rings. The Labute approximate surface area is 137 Å². The number of hydrogen-bond acceptors (Lipinski definition) is 8. The zero-order chi connectivity index (χ0) is 17.4.